The number of carbonyl (C=O) groups excluding carboxylic acids is 1. The van der Waals surface area contributed by atoms with Crippen molar-refractivity contribution in [2.75, 3.05) is 12.4 Å². The molecule has 2 aromatic carbocycles. The Kier molecular flexibility index (Phi) is 6.63. The Hall–Kier alpha value is -3.34. The summed E-state index contributed by atoms with van der Waals surface area (Å²) < 4.78 is 5.34. The van der Waals surface area contributed by atoms with Crippen molar-refractivity contribution in [2.24, 2.45) is 0 Å². The molecule has 5 heteroatoms. The van der Waals surface area contributed by atoms with Gasteiger partial charge in [0, 0.05) is 25.5 Å². The molecule has 2 amide bonds. The number of benzene rings is 2. The number of methoxy groups -OCH3 is 1. The second-order valence-electron chi connectivity index (χ2n) is 6.52. The van der Waals surface area contributed by atoms with Gasteiger partial charge in [0.25, 0.3) is 0 Å². The van der Waals surface area contributed by atoms with Crippen molar-refractivity contribution in [1.29, 1.82) is 0 Å². The third-order valence-corrected chi connectivity index (χ3v) is 4.54. The normalized spacial score (nSPS) is 10.4. The molecule has 1 heterocycles. The molecule has 3 rings (SSSR count). The van der Waals surface area contributed by atoms with E-state index in [1.54, 1.807) is 24.4 Å². The van der Waals surface area contributed by atoms with Gasteiger partial charge < -0.3 is 15.0 Å². The second-order valence-corrected chi connectivity index (χ2v) is 6.52. The standard InChI is InChI=1S/C23H25N3O2/c1-3-18-10-12-19(13-11-18)16-26(17-20-7-6-14-24-15-20)23(27)25-21-8-4-5-9-22(21)28-2/h4-15H,3,16-17H2,1-2H3,(H,25,27). The molecule has 0 saturated heterocycles. The van der Waals surface area contributed by atoms with Crippen LogP contribution in [-0.4, -0.2) is 23.0 Å². The van der Waals surface area contributed by atoms with Crippen LogP contribution in [-0.2, 0) is 19.5 Å². The minimum atomic E-state index is -0.187. The molecule has 1 N–H and O–H groups in total. The Balaban J connectivity index is 1.80. The largest absolute Gasteiger partial charge is 0.495 e. The molecule has 0 radical (unpaired) electrons. The summed E-state index contributed by atoms with van der Waals surface area (Å²) in [6, 6.07) is 19.4. The maximum atomic E-state index is 13.1. The topological polar surface area (TPSA) is 54.5 Å². The van der Waals surface area contributed by atoms with Crippen LogP contribution in [0.2, 0.25) is 0 Å². The molecule has 28 heavy (non-hydrogen) atoms. The highest BCUT2D eigenvalue weighted by molar-refractivity contribution is 5.91. The highest BCUT2D eigenvalue weighted by Crippen LogP contribution is 2.24. The van der Waals surface area contributed by atoms with E-state index < -0.39 is 0 Å². The fourth-order valence-electron chi connectivity index (χ4n) is 2.95. The molecule has 1 aromatic heterocycles. The first kappa shape index (κ1) is 19.4. The summed E-state index contributed by atoms with van der Waals surface area (Å²) in [6.07, 6.45) is 4.50. The first-order valence-electron chi connectivity index (χ1n) is 9.35. The minimum Gasteiger partial charge on any atom is -0.495 e. The lowest BCUT2D eigenvalue weighted by Gasteiger charge is -2.24. The number of aromatic nitrogens is 1. The van der Waals surface area contributed by atoms with Gasteiger partial charge in [0.2, 0.25) is 0 Å². The third-order valence-electron chi connectivity index (χ3n) is 4.54. The number of nitrogens with one attached hydrogen (secondary N) is 1. The summed E-state index contributed by atoms with van der Waals surface area (Å²) in [6.45, 7) is 3.09. The van der Waals surface area contributed by atoms with E-state index in [0.717, 1.165) is 17.5 Å². The van der Waals surface area contributed by atoms with E-state index in [1.165, 1.54) is 5.56 Å². The van der Waals surface area contributed by atoms with Crippen LogP contribution < -0.4 is 10.1 Å². The molecule has 0 aliphatic heterocycles. The Bertz CT molecular complexity index is 895. The summed E-state index contributed by atoms with van der Waals surface area (Å²) in [7, 11) is 1.59. The Morgan fingerprint density at radius 1 is 0.964 bits per heavy atom. The molecule has 0 aliphatic rings. The van der Waals surface area contributed by atoms with Gasteiger partial charge in [0.1, 0.15) is 5.75 Å². The van der Waals surface area contributed by atoms with Crippen molar-refractivity contribution in [3.8, 4) is 5.75 Å². The van der Waals surface area contributed by atoms with Gasteiger partial charge in [-0.1, -0.05) is 49.4 Å². The smallest absolute Gasteiger partial charge is 0.322 e. The Labute approximate surface area is 166 Å². The summed E-state index contributed by atoms with van der Waals surface area (Å²) in [5, 5.41) is 2.97. The first-order valence-corrected chi connectivity index (χ1v) is 9.35. The van der Waals surface area contributed by atoms with Crippen LogP contribution in [0, 0.1) is 0 Å². The molecule has 5 nitrogen and oxygen atoms in total. The average Bonchev–Trinajstić information content (AvgIpc) is 2.75. The molecule has 0 aliphatic carbocycles. The van der Waals surface area contributed by atoms with Gasteiger partial charge in [-0.2, -0.15) is 0 Å². The predicted molar refractivity (Wildman–Crippen MR) is 111 cm³/mol. The second kappa shape index (κ2) is 9.55. The lowest BCUT2D eigenvalue weighted by Crippen LogP contribution is -2.34. The van der Waals surface area contributed by atoms with Crippen molar-refractivity contribution >= 4 is 11.7 Å². The summed E-state index contributed by atoms with van der Waals surface area (Å²) in [5.74, 6) is 0.629. The average molecular weight is 375 g/mol. The molecular weight excluding hydrogens is 350 g/mol. The quantitative estimate of drug-likeness (QED) is 0.640. The van der Waals surface area contributed by atoms with Crippen LogP contribution in [0.25, 0.3) is 0 Å². The van der Waals surface area contributed by atoms with E-state index >= 15 is 0 Å². The number of anilines is 1. The molecule has 144 valence electrons. The SMILES string of the molecule is CCc1ccc(CN(Cc2cccnc2)C(=O)Nc2ccccc2OC)cc1. The van der Waals surface area contributed by atoms with E-state index in [1.807, 2.05) is 36.4 Å². The number of rotatable bonds is 7. The number of ether oxygens (including phenoxy) is 1. The van der Waals surface area contributed by atoms with Crippen LogP contribution in [0.4, 0.5) is 10.5 Å². The number of para-hydroxylation sites is 2. The molecule has 0 bridgehead atoms. The van der Waals surface area contributed by atoms with Crippen LogP contribution in [0.1, 0.15) is 23.6 Å². The molecule has 0 saturated carbocycles. The number of hydrogen-bond donors (Lipinski definition) is 1. The van der Waals surface area contributed by atoms with Gasteiger partial charge in [0.05, 0.1) is 12.8 Å². The molecule has 0 fully saturated rings. The van der Waals surface area contributed by atoms with Gasteiger partial charge in [-0.05, 0) is 41.3 Å². The van der Waals surface area contributed by atoms with E-state index in [9.17, 15) is 4.79 Å². The Morgan fingerprint density at radius 2 is 1.68 bits per heavy atom. The molecule has 0 atom stereocenters. The monoisotopic (exact) mass is 375 g/mol. The summed E-state index contributed by atoms with van der Waals surface area (Å²) in [5.41, 5.74) is 3.98. The number of pyridine rings is 1. The lowest BCUT2D eigenvalue weighted by atomic mass is 10.1. The molecular formula is C23H25N3O2. The van der Waals surface area contributed by atoms with Gasteiger partial charge >= 0.3 is 6.03 Å². The van der Waals surface area contributed by atoms with E-state index in [0.29, 0.717) is 24.5 Å². The highest BCUT2D eigenvalue weighted by Gasteiger charge is 2.16. The Morgan fingerprint density at radius 3 is 2.36 bits per heavy atom. The van der Waals surface area contributed by atoms with Crippen molar-refractivity contribution in [2.45, 2.75) is 26.4 Å². The van der Waals surface area contributed by atoms with Crippen LogP contribution in [0.3, 0.4) is 0 Å². The number of nitrogens with zero attached hydrogens (tertiary/aromatic N) is 2. The third kappa shape index (κ3) is 5.10. The zero-order valence-corrected chi connectivity index (χ0v) is 16.3. The molecule has 3 aromatic rings. The van der Waals surface area contributed by atoms with Gasteiger partial charge in [-0.25, -0.2) is 4.79 Å². The number of amides is 2. The number of carbonyl (C=O) groups is 1. The first-order chi connectivity index (χ1) is 13.7. The zero-order valence-electron chi connectivity index (χ0n) is 16.3. The van der Waals surface area contributed by atoms with Crippen molar-refractivity contribution in [1.82, 2.24) is 9.88 Å². The van der Waals surface area contributed by atoms with Crippen molar-refractivity contribution in [3.63, 3.8) is 0 Å². The van der Waals surface area contributed by atoms with E-state index in [4.69, 9.17) is 4.74 Å². The maximum Gasteiger partial charge on any atom is 0.322 e. The lowest BCUT2D eigenvalue weighted by molar-refractivity contribution is 0.206. The maximum absolute atomic E-state index is 13.1. The van der Waals surface area contributed by atoms with Crippen molar-refractivity contribution in [3.05, 3.63) is 89.7 Å². The summed E-state index contributed by atoms with van der Waals surface area (Å²) >= 11 is 0. The number of urea groups is 1. The number of aryl methyl sites for hydroxylation is 1. The minimum absolute atomic E-state index is 0.187. The van der Waals surface area contributed by atoms with Gasteiger partial charge in [0.15, 0.2) is 0 Å². The number of hydrogen-bond acceptors (Lipinski definition) is 3. The molecule has 0 unspecified atom stereocenters. The summed E-state index contributed by atoms with van der Waals surface area (Å²) in [4.78, 5) is 19.0. The highest BCUT2D eigenvalue weighted by atomic mass is 16.5. The molecule has 0 spiro atoms. The van der Waals surface area contributed by atoms with Crippen molar-refractivity contribution < 1.29 is 9.53 Å². The van der Waals surface area contributed by atoms with Gasteiger partial charge in [-0.3, -0.25) is 4.98 Å². The van der Waals surface area contributed by atoms with Crippen LogP contribution >= 0.6 is 0 Å². The fourth-order valence-corrected chi connectivity index (χ4v) is 2.95. The van der Waals surface area contributed by atoms with Gasteiger partial charge in [-0.15, -0.1) is 0 Å². The van der Waals surface area contributed by atoms with Crippen LogP contribution in [0.15, 0.2) is 73.1 Å². The fraction of sp³-hybridized carbons (Fsp3) is 0.217. The zero-order chi connectivity index (χ0) is 19.8. The van der Waals surface area contributed by atoms with Crippen LogP contribution in [0.5, 0.6) is 5.75 Å². The van der Waals surface area contributed by atoms with E-state index in [2.05, 4.69) is 41.5 Å². The van der Waals surface area contributed by atoms with E-state index in [-0.39, 0.29) is 6.03 Å². The predicted octanol–water partition coefficient (Wildman–Crippen LogP) is 4.89.